The average Bonchev–Trinajstić information content (AvgIpc) is 2.66. The van der Waals surface area contributed by atoms with E-state index < -0.39 is 0 Å². The predicted molar refractivity (Wildman–Crippen MR) is 88.1 cm³/mol. The molecule has 0 N–H and O–H groups in total. The lowest BCUT2D eigenvalue weighted by atomic mass is 9.52. The molecule has 1 fully saturated rings. The molecule has 3 unspecified atom stereocenters. The highest BCUT2D eigenvalue weighted by Crippen LogP contribution is 2.55. The van der Waals surface area contributed by atoms with E-state index in [9.17, 15) is 9.59 Å². The summed E-state index contributed by atoms with van der Waals surface area (Å²) >= 11 is 0. The lowest BCUT2D eigenvalue weighted by molar-refractivity contribution is -0.126. The molecule has 0 radical (unpaired) electrons. The van der Waals surface area contributed by atoms with Crippen LogP contribution in [-0.4, -0.2) is 11.6 Å². The Morgan fingerprint density at radius 3 is 1.95 bits per heavy atom. The molecule has 0 bridgehead atoms. The Morgan fingerprint density at radius 1 is 1.10 bits per heavy atom. The first-order chi connectivity index (χ1) is 9.38. The molecule has 0 heterocycles. The number of carbonyl (C=O) groups excluding carboxylic acids is 2. The molecule has 0 amide bonds. The Hall–Kier alpha value is -0.920. The van der Waals surface area contributed by atoms with Crippen LogP contribution < -0.4 is 0 Å². The first kappa shape index (κ1) is 18.1. The summed E-state index contributed by atoms with van der Waals surface area (Å²) in [5.41, 5.74) is -0.0944. The third kappa shape index (κ3) is 3.14. The molecular weight excluding hydrogens is 260 g/mol. The average molecular weight is 292 g/mol. The summed E-state index contributed by atoms with van der Waals surface area (Å²) in [5, 5.41) is 0. The van der Waals surface area contributed by atoms with Gasteiger partial charge in [0.05, 0.1) is 6.42 Å². The van der Waals surface area contributed by atoms with Crippen LogP contribution in [0.3, 0.4) is 0 Å². The van der Waals surface area contributed by atoms with Gasteiger partial charge in [0.15, 0.2) is 0 Å². The van der Waals surface area contributed by atoms with Gasteiger partial charge in [0.1, 0.15) is 11.6 Å². The zero-order valence-corrected chi connectivity index (χ0v) is 15.0. The number of carbonyl (C=O) groups is 2. The molecular formula is C19H32O2. The van der Waals surface area contributed by atoms with Crippen LogP contribution in [0.1, 0.15) is 68.2 Å². The SMILES string of the molecule is C/C=C/C(C)(C1CC(=O)CC1=O)C(C)C(C)(C)C(C)(C)C. The van der Waals surface area contributed by atoms with E-state index in [0.29, 0.717) is 12.3 Å². The summed E-state index contributed by atoms with van der Waals surface area (Å²) < 4.78 is 0. The van der Waals surface area contributed by atoms with Crippen LogP contribution in [-0.2, 0) is 9.59 Å². The van der Waals surface area contributed by atoms with Crippen molar-refractivity contribution in [2.24, 2.45) is 28.1 Å². The zero-order valence-electron chi connectivity index (χ0n) is 15.0. The number of rotatable bonds is 4. The summed E-state index contributed by atoms with van der Waals surface area (Å²) in [6.07, 6.45) is 4.72. The molecule has 120 valence electrons. The van der Waals surface area contributed by atoms with Crippen LogP contribution in [0.15, 0.2) is 12.2 Å². The normalized spacial score (nSPS) is 25.4. The monoisotopic (exact) mass is 292 g/mol. The Kier molecular flexibility index (Phi) is 4.92. The van der Waals surface area contributed by atoms with Gasteiger partial charge in [-0.1, -0.05) is 60.6 Å². The molecule has 0 aromatic rings. The largest absolute Gasteiger partial charge is 0.299 e. The minimum Gasteiger partial charge on any atom is -0.299 e. The lowest BCUT2D eigenvalue weighted by Crippen LogP contribution is -2.47. The highest BCUT2D eigenvalue weighted by molar-refractivity contribution is 6.07. The summed E-state index contributed by atoms with van der Waals surface area (Å²) in [6, 6.07) is 0. The van der Waals surface area contributed by atoms with Crippen molar-refractivity contribution in [2.45, 2.75) is 68.2 Å². The van der Waals surface area contributed by atoms with E-state index in [0.717, 1.165) is 0 Å². The minimum atomic E-state index is -0.269. The van der Waals surface area contributed by atoms with Crippen molar-refractivity contribution in [3.63, 3.8) is 0 Å². The number of Topliss-reactive ketones (excluding diaryl/α,β-unsaturated/α-hetero) is 2. The third-order valence-electron chi connectivity index (χ3n) is 6.42. The number of allylic oxidation sites excluding steroid dienone is 2. The minimum absolute atomic E-state index is 0.0488. The van der Waals surface area contributed by atoms with Crippen LogP contribution in [0.25, 0.3) is 0 Å². The van der Waals surface area contributed by atoms with Crippen molar-refractivity contribution in [2.75, 3.05) is 0 Å². The molecule has 1 aliphatic carbocycles. The van der Waals surface area contributed by atoms with Gasteiger partial charge >= 0.3 is 0 Å². The molecule has 21 heavy (non-hydrogen) atoms. The molecule has 0 saturated heterocycles. The molecule has 1 rings (SSSR count). The molecule has 2 nitrogen and oxygen atoms in total. The second-order valence-corrected chi connectivity index (χ2v) is 8.50. The van der Waals surface area contributed by atoms with E-state index in [-0.39, 0.29) is 40.2 Å². The van der Waals surface area contributed by atoms with Gasteiger partial charge in [0.2, 0.25) is 0 Å². The van der Waals surface area contributed by atoms with Crippen molar-refractivity contribution in [1.82, 2.24) is 0 Å². The molecule has 0 spiro atoms. The van der Waals surface area contributed by atoms with Gasteiger partial charge in [-0.3, -0.25) is 9.59 Å². The lowest BCUT2D eigenvalue weighted by Gasteiger charge is -2.52. The zero-order chi connectivity index (χ0) is 16.6. The molecule has 0 aromatic carbocycles. The van der Waals surface area contributed by atoms with Crippen LogP contribution in [0.4, 0.5) is 0 Å². The topological polar surface area (TPSA) is 34.1 Å². The second-order valence-electron chi connectivity index (χ2n) is 8.50. The maximum atomic E-state index is 12.3. The smallest absolute Gasteiger partial charge is 0.144 e. The van der Waals surface area contributed by atoms with Crippen molar-refractivity contribution < 1.29 is 9.59 Å². The number of hydrogen-bond acceptors (Lipinski definition) is 2. The fourth-order valence-corrected chi connectivity index (χ4v) is 3.65. The van der Waals surface area contributed by atoms with Crippen molar-refractivity contribution in [3.05, 3.63) is 12.2 Å². The molecule has 2 heteroatoms. The van der Waals surface area contributed by atoms with Crippen molar-refractivity contribution in [1.29, 1.82) is 0 Å². The summed E-state index contributed by atoms with van der Waals surface area (Å²) in [5.74, 6) is 0.345. The van der Waals surface area contributed by atoms with Gasteiger partial charge in [0.25, 0.3) is 0 Å². The second kappa shape index (κ2) is 5.70. The van der Waals surface area contributed by atoms with Crippen LogP contribution in [0.2, 0.25) is 0 Å². The van der Waals surface area contributed by atoms with Crippen molar-refractivity contribution in [3.8, 4) is 0 Å². The summed E-state index contributed by atoms with van der Waals surface area (Å²) in [7, 11) is 0. The molecule has 3 atom stereocenters. The Bertz CT molecular complexity index is 451. The molecule has 0 aliphatic heterocycles. The first-order valence-electron chi connectivity index (χ1n) is 8.06. The van der Waals surface area contributed by atoms with Gasteiger partial charge < -0.3 is 0 Å². The molecule has 1 aliphatic rings. The van der Waals surface area contributed by atoms with Gasteiger partial charge in [-0.05, 0) is 29.1 Å². The highest BCUT2D eigenvalue weighted by atomic mass is 16.2. The highest BCUT2D eigenvalue weighted by Gasteiger charge is 2.52. The maximum Gasteiger partial charge on any atom is 0.144 e. The fraction of sp³-hybridized carbons (Fsp3) is 0.789. The van der Waals surface area contributed by atoms with E-state index in [1.54, 1.807) is 0 Å². The predicted octanol–water partition coefficient (Wildman–Crippen LogP) is 4.83. The van der Waals surface area contributed by atoms with Crippen LogP contribution in [0.5, 0.6) is 0 Å². The third-order valence-corrected chi connectivity index (χ3v) is 6.42. The Labute approximate surface area is 130 Å². The number of ketones is 2. The Balaban J connectivity index is 3.29. The van der Waals surface area contributed by atoms with Gasteiger partial charge in [0, 0.05) is 12.3 Å². The summed E-state index contributed by atoms with van der Waals surface area (Å²) in [4.78, 5) is 24.1. The van der Waals surface area contributed by atoms with E-state index in [4.69, 9.17) is 0 Å². The fourth-order valence-electron chi connectivity index (χ4n) is 3.65. The van der Waals surface area contributed by atoms with Gasteiger partial charge in [-0.15, -0.1) is 0 Å². The standard InChI is InChI=1S/C19H32O2/c1-9-10-19(8,15-11-14(20)12-16(15)21)13(2)18(6,7)17(3,4)5/h9-10,13,15H,11-12H2,1-8H3/b10-9+. The van der Waals surface area contributed by atoms with Gasteiger partial charge in [-0.2, -0.15) is 0 Å². The van der Waals surface area contributed by atoms with E-state index in [1.807, 2.05) is 13.0 Å². The maximum absolute atomic E-state index is 12.3. The van der Waals surface area contributed by atoms with Crippen LogP contribution >= 0.6 is 0 Å². The van der Waals surface area contributed by atoms with Crippen LogP contribution in [0, 0.1) is 28.1 Å². The quantitative estimate of drug-likeness (QED) is 0.549. The Morgan fingerprint density at radius 2 is 1.62 bits per heavy atom. The van der Waals surface area contributed by atoms with E-state index >= 15 is 0 Å². The van der Waals surface area contributed by atoms with Crippen molar-refractivity contribution >= 4 is 11.6 Å². The molecule has 0 aromatic heterocycles. The summed E-state index contributed by atoms with van der Waals surface area (Å²) in [6.45, 7) is 17.7. The first-order valence-corrected chi connectivity index (χ1v) is 8.06. The van der Waals surface area contributed by atoms with Gasteiger partial charge in [-0.25, -0.2) is 0 Å². The van der Waals surface area contributed by atoms with E-state index in [1.165, 1.54) is 0 Å². The van der Waals surface area contributed by atoms with E-state index in [2.05, 4.69) is 54.5 Å². The molecule has 1 saturated carbocycles. The number of hydrogen-bond donors (Lipinski definition) is 0.